The van der Waals surface area contributed by atoms with Crippen molar-refractivity contribution in [3.63, 3.8) is 0 Å². The number of hydrogen-bond donors (Lipinski definition) is 4. The van der Waals surface area contributed by atoms with Gasteiger partial charge >= 0.3 is 0 Å². The molecular weight excluding hydrogens is 949 g/mol. The Balaban J connectivity index is 0.768. The van der Waals surface area contributed by atoms with Gasteiger partial charge in [-0.05, 0) is 161 Å². The highest BCUT2D eigenvalue weighted by atomic mass is 16.5. The SMILES string of the molecule is CC[C@@H](C)C(=O)N[C@H](C(=O)N1CCC[C@H]1C(=O)N[C@@H]1CCCc2cc(OCCOCCOc3ccc4c(c3)CCC[C@H]4NC(=O)[C@@H]3CCCN3C(=O)[C@@H](NC(=O)[C@H](C)CC)C3CCCCC3)ccc21)C1CCCCC1. The number of nitrogens with zero attached hydrogens (tertiary/aromatic N) is 2. The van der Waals surface area contributed by atoms with Crippen LogP contribution in [0.1, 0.15) is 190 Å². The van der Waals surface area contributed by atoms with Crippen LogP contribution in [0.25, 0.3) is 0 Å². The molecule has 8 atom stereocenters. The van der Waals surface area contributed by atoms with Gasteiger partial charge in [0.05, 0.1) is 25.3 Å². The van der Waals surface area contributed by atoms with Crippen LogP contribution in [-0.4, -0.2) is 109 Å². The molecule has 4 N–H and O–H groups in total. The highest BCUT2D eigenvalue weighted by Gasteiger charge is 2.43. The Morgan fingerprint density at radius 3 is 1.33 bits per heavy atom. The Morgan fingerprint density at radius 2 is 0.933 bits per heavy atom. The van der Waals surface area contributed by atoms with Crippen LogP contribution in [0.3, 0.4) is 0 Å². The van der Waals surface area contributed by atoms with Gasteiger partial charge in [0.15, 0.2) is 0 Å². The zero-order chi connectivity index (χ0) is 52.8. The van der Waals surface area contributed by atoms with E-state index in [4.69, 9.17) is 14.2 Å². The molecule has 15 heteroatoms. The molecule has 0 bridgehead atoms. The molecule has 2 aromatic carbocycles. The van der Waals surface area contributed by atoms with Crippen LogP contribution in [0.2, 0.25) is 0 Å². The van der Waals surface area contributed by atoms with E-state index in [1.165, 1.54) is 0 Å². The summed E-state index contributed by atoms with van der Waals surface area (Å²) in [5.74, 6) is 0.717. The van der Waals surface area contributed by atoms with Crippen LogP contribution < -0.4 is 30.7 Å². The Labute approximate surface area is 446 Å². The van der Waals surface area contributed by atoms with Gasteiger partial charge in [0.2, 0.25) is 35.4 Å². The molecule has 6 amide bonds. The van der Waals surface area contributed by atoms with E-state index < -0.39 is 24.2 Å². The third-order valence-corrected chi connectivity index (χ3v) is 17.7. The van der Waals surface area contributed by atoms with E-state index in [1.54, 1.807) is 9.80 Å². The molecule has 4 fully saturated rings. The second-order valence-electron chi connectivity index (χ2n) is 22.7. The average molecular weight is 1040 g/mol. The maximum Gasteiger partial charge on any atom is 0.246 e. The third kappa shape index (κ3) is 14.3. The summed E-state index contributed by atoms with van der Waals surface area (Å²) < 4.78 is 18.1. The first-order chi connectivity index (χ1) is 36.4. The Morgan fingerprint density at radius 1 is 0.520 bits per heavy atom. The molecule has 0 unspecified atom stereocenters. The van der Waals surface area contributed by atoms with Gasteiger partial charge in [0, 0.05) is 24.9 Å². The quantitative estimate of drug-likeness (QED) is 0.0842. The number of benzene rings is 2. The van der Waals surface area contributed by atoms with Crippen molar-refractivity contribution in [2.24, 2.45) is 23.7 Å². The van der Waals surface area contributed by atoms with Gasteiger partial charge in [0.1, 0.15) is 48.9 Å². The highest BCUT2D eigenvalue weighted by Crippen LogP contribution is 2.36. The first kappa shape index (κ1) is 56.0. The molecule has 412 valence electrons. The molecule has 2 aliphatic heterocycles. The molecule has 2 saturated carbocycles. The number of likely N-dealkylation sites (tertiary alicyclic amines) is 2. The maximum absolute atomic E-state index is 14.2. The lowest BCUT2D eigenvalue weighted by Crippen LogP contribution is -2.57. The monoisotopic (exact) mass is 1040 g/mol. The molecule has 15 nitrogen and oxygen atoms in total. The second kappa shape index (κ2) is 27.2. The van der Waals surface area contributed by atoms with E-state index in [1.807, 2.05) is 39.8 Å². The van der Waals surface area contributed by atoms with Crippen molar-refractivity contribution < 1.29 is 43.0 Å². The summed E-state index contributed by atoms with van der Waals surface area (Å²) in [4.78, 5) is 86.1. The van der Waals surface area contributed by atoms with Gasteiger partial charge in [-0.2, -0.15) is 0 Å². The molecule has 2 heterocycles. The summed E-state index contributed by atoms with van der Waals surface area (Å²) in [6.07, 6.45) is 19.6. The number of carbonyl (C=O) groups excluding carboxylic acids is 6. The van der Waals surface area contributed by atoms with Crippen LogP contribution in [-0.2, 0) is 46.3 Å². The van der Waals surface area contributed by atoms with Crippen molar-refractivity contribution in [1.29, 1.82) is 0 Å². The molecule has 0 spiro atoms. The maximum atomic E-state index is 14.2. The number of nitrogens with one attached hydrogen (secondary N) is 4. The summed E-state index contributed by atoms with van der Waals surface area (Å²) in [5, 5.41) is 12.9. The van der Waals surface area contributed by atoms with Gasteiger partial charge in [-0.3, -0.25) is 28.8 Å². The predicted molar refractivity (Wildman–Crippen MR) is 288 cm³/mol. The van der Waals surface area contributed by atoms with Crippen LogP contribution in [0, 0.1) is 23.7 Å². The molecule has 4 aliphatic carbocycles. The molecule has 6 aliphatic rings. The zero-order valence-electron chi connectivity index (χ0n) is 45.6. The summed E-state index contributed by atoms with van der Waals surface area (Å²) in [6.45, 7) is 10.3. The van der Waals surface area contributed by atoms with Crippen molar-refractivity contribution in [3.8, 4) is 11.5 Å². The number of carbonyl (C=O) groups is 6. The number of fused-ring (bicyclic) bond motifs is 2. The van der Waals surface area contributed by atoms with Crippen molar-refractivity contribution >= 4 is 35.4 Å². The Hall–Kier alpha value is -5.18. The number of hydrogen-bond acceptors (Lipinski definition) is 9. The minimum absolute atomic E-state index is 0.0843. The van der Waals surface area contributed by atoms with E-state index >= 15 is 0 Å². The lowest BCUT2D eigenvalue weighted by Gasteiger charge is -2.35. The first-order valence-corrected chi connectivity index (χ1v) is 29.3. The average Bonchev–Trinajstić information content (AvgIpc) is 4.15. The molecule has 2 aromatic rings. The van der Waals surface area contributed by atoms with E-state index in [9.17, 15) is 28.8 Å². The van der Waals surface area contributed by atoms with Crippen LogP contribution in [0.5, 0.6) is 11.5 Å². The number of rotatable bonds is 22. The fraction of sp³-hybridized carbons (Fsp3) is 0.700. The topological polar surface area (TPSA) is 185 Å². The molecule has 8 rings (SSSR count). The fourth-order valence-electron chi connectivity index (χ4n) is 12.8. The molecule has 2 saturated heterocycles. The van der Waals surface area contributed by atoms with Crippen molar-refractivity contribution in [2.75, 3.05) is 39.5 Å². The number of amides is 6. The Kier molecular flexibility index (Phi) is 20.3. The molecule has 0 radical (unpaired) electrons. The lowest BCUT2D eigenvalue weighted by molar-refractivity contribution is -0.143. The van der Waals surface area contributed by atoms with Crippen LogP contribution in [0.4, 0.5) is 0 Å². The first-order valence-electron chi connectivity index (χ1n) is 29.3. The summed E-state index contributed by atoms with van der Waals surface area (Å²) in [7, 11) is 0. The van der Waals surface area contributed by atoms with E-state index in [-0.39, 0.29) is 71.2 Å². The zero-order valence-corrected chi connectivity index (χ0v) is 45.6. The van der Waals surface area contributed by atoms with Gasteiger partial charge in [-0.25, -0.2) is 0 Å². The summed E-state index contributed by atoms with van der Waals surface area (Å²) in [6, 6.07) is 9.56. The normalized spacial score (nSPS) is 23.7. The van der Waals surface area contributed by atoms with Crippen LogP contribution >= 0.6 is 0 Å². The number of aryl methyl sites for hydroxylation is 2. The van der Waals surface area contributed by atoms with Gasteiger partial charge in [-0.1, -0.05) is 78.4 Å². The predicted octanol–water partition coefficient (Wildman–Crippen LogP) is 8.35. The minimum atomic E-state index is -0.591. The largest absolute Gasteiger partial charge is 0.491 e. The minimum Gasteiger partial charge on any atom is -0.491 e. The van der Waals surface area contributed by atoms with E-state index in [0.29, 0.717) is 65.2 Å². The van der Waals surface area contributed by atoms with Gasteiger partial charge in [0.25, 0.3) is 0 Å². The highest BCUT2D eigenvalue weighted by molar-refractivity contribution is 5.94. The van der Waals surface area contributed by atoms with Gasteiger partial charge in [-0.15, -0.1) is 0 Å². The Bertz CT molecular complexity index is 2120. The fourth-order valence-corrected chi connectivity index (χ4v) is 12.8. The summed E-state index contributed by atoms with van der Waals surface area (Å²) in [5.41, 5.74) is 4.47. The van der Waals surface area contributed by atoms with Crippen LogP contribution in [0.15, 0.2) is 36.4 Å². The van der Waals surface area contributed by atoms with Crippen molar-refractivity contribution in [1.82, 2.24) is 31.1 Å². The second-order valence-corrected chi connectivity index (χ2v) is 22.7. The molecule has 0 aromatic heterocycles. The molecular formula is C60H88N6O9. The standard InChI is InChI=1S/C60H88N6O9/c1-5-39(3)55(67)63-53(41-17-9-7-10-18-41)59(71)65-31-15-25-51(65)57(69)61-49-23-13-21-43-37-45(27-29-47(43)49)74-35-33-73-34-36-75-46-28-30-48-44(38-46)22-14-24-50(48)62-58(70)52-26-16-32-66(52)60(72)54(42-19-11-8-12-20-42)64-56(68)40(4)6-2/h27-30,37-42,49-54H,5-26,31-36H2,1-4H3,(H,61,69)(H,62,70)(H,63,67)(H,64,68)/t39-,40-,49-,50-,51+,52+,53+,54+/m1/s1. The van der Waals surface area contributed by atoms with Crippen molar-refractivity contribution in [2.45, 2.75) is 205 Å². The smallest absolute Gasteiger partial charge is 0.246 e. The van der Waals surface area contributed by atoms with Gasteiger partial charge < -0.3 is 45.3 Å². The molecule has 75 heavy (non-hydrogen) atoms. The summed E-state index contributed by atoms with van der Waals surface area (Å²) >= 11 is 0. The van der Waals surface area contributed by atoms with E-state index in [2.05, 4.69) is 45.5 Å². The van der Waals surface area contributed by atoms with Crippen molar-refractivity contribution in [3.05, 3.63) is 58.7 Å². The number of ether oxygens (including phenoxy) is 3. The lowest BCUT2D eigenvalue weighted by atomic mass is 9.83. The van der Waals surface area contributed by atoms with E-state index in [0.717, 1.165) is 149 Å². The third-order valence-electron chi connectivity index (χ3n) is 17.7.